The smallest absolute Gasteiger partial charge is 0.409 e. The number of nitrogens with zero attached hydrogens (tertiary/aromatic N) is 3. The van der Waals surface area contributed by atoms with E-state index in [1.807, 2.05) is 19.1 Å². The Morgan fingerprint density at radius 3 is 2.81 bits per heavy atom. The van der Waals surface area contributed by atoms with Crippen molar-refractivity contribution in [3.63, 3.8) is 0 Å². The highest BCUT2D eigenvalue weighted by Gasteiger charge is 2.24. The van der Waals surface area contributed by atoms with Crippen LogP contribution < -0.4 is 15.4 Å². The van der Waals surface area contributed by atoms with Gasteiger partial charge in [-0.3, -0.25) is 4.99 Å². The van der Waals surface area contributed by atoms with Crippen molar-refractivity contribution in [3.05, 3.63) is 23.9 Å². The molecule has 27 heavy (non-hydrogen) atoms. The van der Waals surface area contributed by atoms with Gasteiger partial charge in [0.15, 0.2) is 5.96 Å². The lowest BCUT2D eigenvalue weighted by atomic mass is 10.1. The summed E-state index contributed by atoms with van der Waals surface area (Å²) in [5.74, 6) is 1.39. The van der Waals surface area contributed by atoms with E-state index in [4.69, 9.17) is 9.47 Å². The maximum Gasteiger partial charge on any atom is 0.409 e. The fourth-order valence-electron chi connectivity index (χ4n) is 2.88. The maximum absolute atomic E-state index is 11.8. The molecule has 2 heterocycles. The number of aromatic nitrogens is 1. The van der Waals surface area contributed by atoms with E-state index in [-0.39, 0.29) is 12.1 Å². The van der Waals surface area contributed by atoms with Gasteiger partial charge in [0.2, 0.25) is 5.88 Å². The third-order valence-corrected chi connectivity index (χ3v) is 4.32. The summed E-state index contributed by atoms with van der Waals surface area (Å²) in [6.45, 7) is 6.90. The van der Waals surface area contributed by atoms with Gasteiger partial charge in [0, 0.05) is 44.5 Å². The third kappa shape index (κ3) is 6.62. The number of piperidine rings is 1. The number of hydrogen-bond acceptors (Lipinski definition) is 5. The van der Waals surface area contributed by atoms with Crippen LogP contribution in [0.4, 0.5) is 4.79 Å². The number of nitrogens with one attached hydrogen (secondary N) is 2. The van der Waals surface area contributed by atoms with Crippen molar-refractivity contribution in [1.29, 1.82) is 0 Å². The topological polar surface area (TPSA) is 88.1 Å². The fraction of sp³-hybridized carbons (Fsp3) is 0.632. The highest BCUT2D eigenvalue weighted by Crippen LogP contribution is 2.15. The Bertz CT molecular complexity index is 615. The zero-order chi connectivity index (χ0) is 19.5. The van der Waals surface area contributed by atoms with Crippen LogP contribution in [0.2, 0.25) is 0 Å². The van der Waals surface area contributed by atoms with Crippen molar-refractivity contribution in [1.82, 2.24) is 20.5 Å². The zero-order valence-corrected chi connectivity index (χ0v) is 16.5. The predicted molar refractivity (Wildman–Crippen MR) is 105 cm³/mol. The van der Waals surface area contributed by atoms with Crippen molar-refractivity contribution in [2.75, 3.05) is 33.4 Å². The highest BCUT2D eigenvalue weighted by atomic mass is 16.6. The van der Waals surface area contributed by atoms with Crippen LogP contribution in [-0.2, 0) is 11.3 Å². The van der Waals surface area contributed by atoms with Crippen molar-refractivity contribution < 1.29 is 14.3 Å². The van der Waals surface area contributed by atoms with Crippen molar-refractivity contribution >= 4 is 12.1 Å². The van der Waals surface area contributed by atoms with Crippen LogP contribution in [0.25, 0.3) is 0 Å². The number of carbonyl (C=O) groups is 1. The first-order valence-corrected chi connectivity index (χ1v) is 9.63. The molecule has 1 amide bonds. The highest BCUT2D eigenvalue weighted by molar-refractivity contribution is 5.80. The molecule has 0 atom stereocenters. The summed E-state index contributed by atoms with van der Waals surface area (Å²) in [5.41, 5.74) is 0.992. The third-order valence-electron chi connectivity index (χ3n) is 4.32. The minimum Gasteiger partial charge on any atom is -0.477 e. The predicted octanol–water partition coefficient (Wildman–Crippen LogP) is 2.16. The van der Waals surface area contributed by atoms with Crippen LogP contribution in [-0.4, -0.2) is 61.3 Å². The van der Waals surface area contributed by atoms with Gasteiger partial charge in [-0.05, 0) is 32.3 Å². The fourth-order valence-corrected chi connectivity index (χ4v) is 2.88. The average Bonchev–Trinajstić information content (AvgIpc) is 2.70. The number of guanidine groups is 1. The van der Waals surface area contributed by atoms with Gasteiger partial charge in [-0.2, -0.15) is 0 Å². The normalized spacial score (nSPS) is 15.4. The van der Waals surface area contributed by atoms with Gasteiger partial charge in [0.25, 0.3) is 0 Å². The Labute approximate surface area is 161 Å². The van der Waals surface area contributed by atoms with E-state index in [0.29, 0.717) is 38.7 Å². The van der Waals surface area contributed by atoms with Gasteiger partial charge in [-0.1, -0.05) is 13.0 Å². The Kier molecular flexibility index (Phi) is 8.67. The van der Waals surface area contributed by atoms with E-state index in [1.165, 1.54) is 0 Å². The molecule has 0 radical (unpaired) electrons. The SMILES string of the molecule is CCCOc1ncccc1CNC(=NC)NC1CCN(C(=O)OCC)CC1. The lowest BCUT2D eigenvalue weighted by Gasteiger charge is -2.32. The number of carbonyl (C=O) groups excluding carboxylic acids is 1. The first-order chi connectivity index (χ1) is 13.2. The molecule has 8 nitrogen and oxygen atoms in total. The minimum absolute atomic E-state index is 0.227. The number of aliphatic imine (C=N–C) groups is 1. The molecule has 0 saturated carbocycles. The van der Waals surface area contributed by atoms with E-state index < -0.39 is 0 Å². The standard InChI is InChI=1S/C19H31N5O3/c1-4-13-27-17-15(7-6-10-21-17)14-22-18(20-3)23-16-8-11-24(12-9-16)19(25)26-5-2/h6-7,10,16H,4-5,8-9,11-14H2,1-3H3,(H2,20,22,23). The number of likely N-dealkylation sites (tertiary alicyclic amines) is 1. The molecule has 1 aromatic rings. The van der Waals surface area contributed by atoms with Gasteiger partial charge in [0.05, 0.1) is 13.2 Å². The molecule has 0 bridgehead atoms. The molecule has 1 fully saturated rings. The van der Waals surface area contributed by atoms with Crippen LogP contribution in [0.1, 0.15) is 38.7 Å². The monoisotopic (exact) mass is 377 g/mol. The summed E-state index contributed by atoms with van der Waals surface area (Å²) in [7, 11) is 1.75. The molecule has 1 aliphatic heterocycles. The van der Waals surface area contributed by atoms with Gasteiger partial charge >= 0.3 is 6.09 Å². The van der Waals surface area contributed by atoms with Gasteiger partial charge < -0.3 is 25.0 Å². The summed E-state index contributed by atoms with van der Waals surface area (Å²) < 4.78 is 10.8. The van der Waals surface area contributed by atoms with Gasteiger partial charge in [0.1, 0.15) is 0 Å². The number of amides is 1. The van der Waals surface area contributed by atoms with Crippen molar-refractivity contribution in [3.8, 4) is 5.88 Å². The second-order valence-electron chi connectivity index (χ2n) is 6.35. The molecular weight excluding hydrogens is 346 g/mol. The van der Waals surface area contributed by atoms with E-state index >= 15 is 0 Å². The Morgan fingerprint density at radius 2 is 2.15 bits per heavy atom. The number of hydrogen-bond donors (Lipinski definition) is 2. The molecular formula is C19H31N5O3. The Balaban J connectivity index is 1.81. The van der Waals surface area contributed by atoms with Crippen molar-refractivity contribution in [2.24, 2.45) is 4.99 Å². The second-order valence-corrected chi connectivity index (χ2v) is 6.35. The average molecular weight is 377 g/mol. The van der Waals surface area contributed by atoms with E-state index in [2.05, 4.69) is 27.5 Å². The minimum atomic E-state index is -0.227. The molecule has 0 aliphatic carbocycles. The first-order valence-electron chi connectivity index (χ1n) is 9.63. The van der Waals surface area contributed by atoms with E-state index in [0.717, 1.165) is 30.8 Å². The summed E-state index contributed by atoms with van der Waals surface area (Å²) >= 11 is 0. The first kappa shape index (κ1) is 20.8. The molecule has 150 valence electrons. The Morgan fingerprint density at radius 1 is 1.37 bits per heavy atom. The lowest BCUT2D eigenvalue weighted by molar-refractivity contribution is 0.0963. The zero-order valence-electron chi connectivity index (χ0n) is 16.5. The van der Waals surface area contributed by atoms with E-state index in [1.54, 1.807) is 18.1 Å². The molecule has 1 aromatic heterocycles. The molecule has 1 saturated heterocycles. The lowest BCUT2D eigenvalue weighted by Crippen LogP contribution is -2.49. The number of rotatable bonds is 7. The quantitative estimate of drug-likeness (QED) is 0.559. The molecule has 2 rings (SSSR count). The molecule has 0 aromatic carbocycles. The molecule has 2 N–H and O–H groups in total. The summed E-state index contributed by atoms with van der Waals surface area (Å²) in [6, 6.07) is 4.17. The number of pyridine rings is 1. The molecule has 1 aliphatic rings. The van der Waals surface area contributed by atoms with Crippen molar-refractivity contribution in [2.45, 2.75) is 45.7 Å². The van der Waals surface area contributed by atoms with Crippen LogP contribution in [0, 0.1) is 0 Å². The Hall–Kier alpha value is -2.51. The second kappa shape index (κ2) is 11.3. The largest absolute Gasteiger partial charge is 0.477 e. The molecule has 0 unspecified atom stereocenters. The number of ether oxygens (including phenoxy) is 2. The molecule has 0 spiro atoms. The van der Waals surface area contributed by atoms with Crippen LogP contribution in [0.15, 0.2) is 23.3 Å². The van der Waals surface area contributed by atoms with Gasteiger partial charge in [-0.15, -0.1) is 0 Å². The van der Waals surface area contributed by atoms with Crippen LogP contribution in [0.3, 0.4) is 0 Å². The summed E-state index contributed by atoms with van der Waals surface area (Å²) in [4.78, 5) is 22.1. The summed E-state index contributed by atoms with van der Waals surface area (Å²) in [5, 5.41) is 6.75. The summed E-state index contributed by atoms with van der Waals surface area (Å²) in [6.07, 6.45) is 4.17. The van der Waals surface area contributed by atoms with Crippen LogP contribution >= 0.6 is 0 Å². The maximum atomic E-state index is 11.8. The van der Waals surface area contributed by atoms with Crippen LogP contribution in [0.5, 0.6) is 5.88 Å². The van der Waals surface area contributed by atoms with E-state index in [9.17, 15) is 4.79 Å². The van der Waals surface area contributed by atoms with Gasteiger partial charge in [-0.25, -0.2) is 9.78 Å². The molecule has 8 heteroatoms.